The number of anilines is 1. The number of hydrogen-bond donors (Lipinski definition) is 1. The maximum atomic E-state index is 13.2. The standard InChI is InChI=1S/C13H11ClF3N5/c1-6(2)18-10-11-20-21-12(13(15,16)17)22(11)9-5-7(14)3-4-8(9)19-10/h3-6H,1-2H3,(H,18,19). The molecular weight excluding hydrogens is 319 g/mol. The number of rotatable bonds is 2. The van der Waals surface area contributed by atoms with Crippen molar-refractivity contribution in [1.29, 1.82) is 0 Å². The zero-order valence-electron chi connectivity index (χ0n) is 11.6. The third-order valence-electron chi connectivity index (χ3n) is 2.96. The van der Waals surface area contributed by atoms with E-state index >= 15 is 0 Å². The number of hydrogen-bond acceptors (Lipinski definition) is 4. The highest BCUT2D eigenvalue weighted by atomic mass is 35.5. The molecule has 0 atom stereocenters. The fourth-order valence-electron chi connectivity index (χ4n) is 2.16. The number of fused-ring (bicyclic) bond motifs is 3. The van der Waals surface area contributed by atoms with Gasteiger partial charge in [0.25, 0.3) is 0 Å². The lowest BCUT2D eigenvalue weighted by molar-refractivity contribution is -0.145. The van der Waals surface area contributed by atoms with Crippen LogP contribution in [0.25, 0.3) is 16.7 Å². The van der Waals surface area contributed by atoms with Crippen molar-refractivity contribution < 1.29 is 13.2 Å². The molecule has 0 radical (unpaired) electrons. The van der Waals surface area contributed by atoms with Crippen molar-refractivity contribution in [3.05, 3.63) is 29.0 Å². The molecule has 0 amide bonds. The first-order valence-corrected chi connectivity index (χ1v) is 6.83. The van der Waals surface area contributed by atoms with Crippen molar-refractivity contribution in [3.63, 3.8) is 0 Å². The number of halogens is 4. The summed E-state index contributed by atoms with van der Waals surface area (Å²) >= 11 is 5.90. The van der Waals surface area contributed by atoms with E-state index in [4.69, 9.17) is 11.6 Å². The van der Waals surface area contributed by atoms with Gasteiger partial charge in [-0.05, 0) is 32.0 Å². The molecule has 0 spiro atoms. The van der Waals surface area contributed by atoms with E-state index in [1.807, 2.05) is 13.8 Å². The largest absolute Gasteiger partial charge is 0.452 e. The molecule has 0 bridgehead atoms. The summed E-state index contributed by atoms with van der Waals surface area (Å²) in [6, 6.07) is 4.52. The Morgan fingerprint density at radius 3 is 2.59 bits per heavy atom. The molecule has 3 aromatic rings. The highest BCUT2D eigenvalue weighted by Gasteiger charge is 2.38. The van der Waals surface area contributed by atoms with E-state index in [0.29, 0.717) is 10.5 Å². The predicted octanol–water partition coefficient (Wildman–Crippen LogP) is 3.77. The summed E-state index contributed by atoms with van der Waals surface area (Å²) in [6.45, 7) is 3.70. The van der Waals surface area contributed by atoms with E-state index in [0.717, 1.165) is 4.40 Å². The van der Waals surface area contributed by atoms with Gasteiger partial charge in [-0.1, -0.05) is 11.6 Å². The molecule has 2 heterocycles. The second-order valence-electron chi connectivity index (χ2n) is 5.07. The van der Waals surface area contributed by atoms with Crippen molar-refractivity contribution in [2.24, 2.45) is 0 Å². The lowest BCUT2D eigenvalue weighted by Gasteiger charge is -2.13. The molecule has 0 fully saturated rings. The second kappa shape index (κ2) is 4.98. The summed E-state index contributed by atoms with van der Waals surface area (Å²) in [5.74, 6) is -0.864. The summed E-state index contributed by atoms with van der Waals surface area (Å²) in [4.78, 5) is 4.32. The van der Waals surface area contributed by atoms with Crippen LogP contribution in [0.4, 0.5) is 19.0 Å². The molecule has 0 aliphatic carbocycles. The maximum absolute atomic E-state index is 13.2. The van der Waals surface area contributed by atoms with Gasteiger partial charge in [0.1, 0.15) is 0 Å². The van der Waals surface area contributed by atoms with Crippen LogP contribution in [-0.2, 0) is 6.18 Å². The van der Waals surface area contributed by atoms with Crippen LogP contribution in [0.5, 0.6) is 0 Å². The Morgan fingerprint density at radius 1 is 1.23 bits per heavy atom. The summed E-state index contributed by atoms with van der Waals surface area (Å²) in [5.41, 5.74) is 0.579. The Labute approximate surface area is 128 Å². The number of nitrogens with zero attached hydrogens (tertiary/aromatic N) is 4. The van der Waals surface area contributed by atoms with Gasteiger partial charge in [0.05, 0.1) is 11.0 Å². The van der Waals surface area contributed by atoms with Crippen molar-refractivity contribution in [3.8, 4) is 0 Å². The minimum absolute atomic E-state index is 0.00999. The highest BCUT2D eigenvalue weighted by Crippen LogP contribution is 2.32. The summed E-state index contributed by atoms with van der Waals surface area (Å²) in [7, 11) is 0. The Hall–Kier alpha value is -2.09. The average molecular weight is 330 g/mol. The van der Waals surface area contributed by atoms with Crippen LogP contribution in [0.1, 0.15) is 19.7 Å². The summed E-state index contributed by atoms with van der Waals surface area (Å²) in [5, 5.41) is 10.2. The first kappa shape index (κ1) is 14.8. The second-order valence-corrected chi connectivity index (χ2v) is 5.51. The number of nitrogens with one attached hydrogen (secondary N) is 1. The number of alkyl halides is 3. The third kappa shape index (κ3) is 2.43. The lowest BCUT2D eigenvalue weighted by Crippen LogP contribution is -2.15. The molecule has 116 valence electrons. The van der Waals surface area contributed by atoms with E-state index in [1.54, 1.807) is 12.1 Å². The summed E-state index contributed by atoms with van der Waals surface area (Å²) < 4.78 is 40.5. The van der Waals surface area contributed by atoms with Crippen LogP contribution in [-0.4, -0.2) is 25.6 Å². The van der Waals surface area contributed by atoms with Gasteiger partial charge in [0.15, 0.2) is 5.82 Å². The molecule has 5 nitrogen and oxygen atoms in total. The molecule has 0 saturated heterocycles. The van der Waals surface area contributed by atoms with E-state index in [1.165, 1.54) is 6.07 Å². The predicted molar refractivity (Wildman–Crippen MR) is 77.1 cm³/mol. The van der Waals surface area contributed by atoms with Gasteiger partial charge in [-0.15, -0.1) is 10.2 Å². The normalized spacial score (nSPS) is 12.5. The van der Waals surface area contributed by atoms with Crippen LogP contribution in [0.2, 0.25) is 5.02 Å². The SMILES string of the molecule is CC(C)Nc1nc2ccc(Cl)cc2n2c(C(F)(F)F)nnc12. The van der Waals surface area contributed by atoms with Crippen molar-refractivity contribution in [1.82, 2.24) is 19.6 Å². The zero-order chi connectivity index (χ0) is 16.1. The molecule has 0 aliphatic heterocycles. The molecule has 0 unspecified atom stereocenters. The molecular formula is C13H11ClF3N5. The highest BCUT2D eigenvalue weighted by molar-refractivity contribution is 6.31. The first-order chi connectivity index (χ1) is 10.3. The smallest absolute Gasteiger partial charge is 0.365 e. The number of benzene rings is 1. The van der Waals surface area contributed by atoms with Gasteiger partial charge in [-0.3, -0.25) is 4.40 Å². The molecule has 0 saturated carbocycles. The quantitative estimate of drug-likeness (QED) is 0.777. The fourth-order valence-corrected chi connectivity index (χ4v) is 2.33. The average Bonchev–Trinajstić information content (AvgIpc) is 2.84. The topological polar surface area (TPSA) is 55.1 Å². The van der Waals surface area contributed by atoms with Crippen molar-refractivity contribution in [2.75, 3.05) is 5.32 Å². The van der Waals surface area contributed by atoms with Gasteiger partial charge < -0.3 is 5.32 Å². The maximum Gasteiger partial charge on any atom is 0.452 e. The zero-order valence-corrected chi connectivity index (χ0v) is 12.4. The molecule has 9 heteroatoms. The van der Waals surface area contributed by atoms with E-state index < -0.39 is 12.0 Å². The lowest BCUT2D eigenvalue weighted by atomic mass is 10.3. The van der Waals surface area contributed by atoms with E-state index in [-0.39, 0.29) is 23.0 Å². The van der Waals surface area contributed by atoms with Gasteiger partial charge in [-0.25, -0.2) is 4.98 Å². The van der Waals surface area contributed by atoms with E-state index in [9.17, 15) is 13.2 Å². The third-order valence-corrected chi connectivity index (χ3v) is 3.20. The van der Waals surface area contributed by atoms with Crippen molar-refractivity contribution >= 4 is 34.1 Å². The van der Waals surface area contributed by atoms with Crippen LogP contribution in [0.3, 0.4) is 0 Å². The minimum Gasteiger partial charge on any atom is -0.365 e. The van der Waals surface area contributed by atoms with Gasteiger partial charge >= 0.3 is 6.18 Å². The van der Waals surface area contributed by atoms with Gasteiger partial charge in [0.2, 0.25) is 11.5 Å². The molecule has 3 rings (SSSR count). The van der Waals surface area contributed by atoms with Crippen molar-refractivity contribution in [2.45, 2.75) is 26.1 Å². The van der Waals surface area contributed by atoms with Crippen LogP contribution >= 0.6 is 11.6 Å². The van der Waals surface area contributed by atoms with Gasteiger partial charge in [-0.2, -0.15) is 13.2 Å². The monoisotopic (exact) mass is 329 g/mol. The minimum atomic E-state index is -4.63. The molecule has 0 aliphatic rings. The van der Waals surface area contributed by atoms with Crippen LogP contribution in [0, 0.1) is 0 Å². The van der Waals surface area contributed by atoms with Crippen LogP contribution in [0.15, 0.2) is 18.2 Å². The molecule has 1 aromatic carbocycles. The Morgan fingerprint density at radius 2 is 1.95 bits per heavy atom. The van der Waals surface area contributed by atoms with E-state index in [2.05, 4.69) is 20.5 Å². The molecule has 1 N–H and O–H groups in total. The Bertz CT molecular complexity index is 856. The number of aromatic nitrogens is 4. The first-order valence-electron chi connectivity index (χ1n) is 6.45. The Kier molecular flexibility index (Phi) is 3.36. The van der Waals surface area contributed by atoms with Crippen LogP contribution < -0.4 is 5.32 Å². The fraction of sp³-hybridized carbons (Fsp3) is 0.308. The van der Waals surface area contributed by atoms with Gasteiger partial charge in [0, 0.05) is 11.1 Å². The Balaban J connectivity index is 2.44. The summed E-state index contributed by atoms with van der Waals surface area (Å²) in [6.07, 6.45) is -4.63. The molecule has 22 heavy (non-hydrogen) atoms. The molecule has 2 aromatic heterocycles.